The molecule has 0 aliphatic heterocycles. The third-order valence-corrected chi connectivity index (χ3v) is 5.52. The van der Waals surface area contributed by atoms with E-state index in [2.05, 4.69) is 29.6 Å². The number of carbonyl (C=O) groups is 3. The molecule has 2 amide bonds. The van der Waals surface area contributed by atoms with Crippen LogP contribution in [0, 0.1) is 0 Å². The molecular formula is C24H28N2O5. The van der Waals surface area contributed by atoms with Crippen LogP contribution in [0.2, 0.25) is 0 Å². The van der Waals surface area contributed by atoms with Crippen LogP contribution in [0.3, 0.4) is 0 Å². The van der Waals surface area contributed by atoms with Gasteiger partial charge in [0, 0.05) is 31.5 Å². The Balaban J connectivity index is 1.53. The number of aliphatic carboxylic acids is 1. The number of benzene rings is 2. The van der Waals surface area contributed by atoms with Gasteiger partial charge >= 0.3 is 12.1 Å². The lowest BCUT2D eigenvalue weighted by atomic mass is 9.98. The number of nitrogens with zero attached hydrogens (tertiary/aromatic N) is 1. The zero-order valence-electron chi connectivity index (χ0n) is 17.8. The molecule has 1 aliphatic carbocycles. The first-order valence-corrected chi connectivity index (χ1v) is 10.5. The molecule has 2 aromatic rings. The number of hydrogen-bond acceptors (Lipinski definition) is 4. The van der Waals surface area contributed by atoms with E-state index < -0.39 is 18.1 Å². The quantitative estimate of drug-likeness (QED) is 0.641. The summed E-state index contributed by atoms with van der Waals surface area (Å²) in [5.41, 5.74) is 4.59. The van der Waals surface area contributed by atoms with Crippen molar-refractivity contribution in [3.05, 3.63) is 59.7 Å². The number of alkyl carbamates (subject to hydrolysis) is 1. The van der Waals surface area contributed by atoms with Crippen LogP contribution in [0.5, 0.6) is 0 Å². The Hall–Kier alpha value is -3.35. The molecule has 31 heavy (non-hydrogen) atoms. The van der Waals surface area contributed by atoms with Gasteiger partial charge in [-0.2, -0.15) is 0 Å². The molecule has 0 saturated carbocycles. The summed E-state index contributed by atoms with van der Waals surface area (Å²) in [6.45, 7) is 4.31. The van der Waals surface area contributed by atoms with E-state index in [4.69, 9.17) is 9.84 Å². The first kappa shape index (κ1) is 22.3. The van der Waals surface area contributed by atoms with Gasteiger partial charge < -0.3 is 20.1 Å². The van der Waals surface area contributed by atoms with Gasteiger partial charge in [-0.05, 0) is 36.1 Å². The smallest absolute Gasteiger partial charge is 0.407 e. The maximum Gasteiger partial charge on any atom is 0.407 e. The number of carbonyl (C=O) groups excluding carboxylic acids is 2. The molecule has 7 heteroatoms. The molecule has 0 radical (unpaired) electrons. The molecule has 7 nitrogen and oxygen atoms in total. The lowest BCUT2D eigenvalue weighted by Gasteiger charge is -2.22. The third kappa shape index (κ3) is 5.42. The van der Waals surface area contributed by atoms with E-state index in [0.29, 0.717) is 6.54 Å². The summed E-state index contributed by atoms with van der Waals surface area (Å²) in [5.74, 6) is -1.17. The number of carboxylic acids is 1. The van der Waals surface area contributed by atoms with E-state index in [1.165, 1.54) is 4.90 Å². The maximum atomic E-state index is 12.4. The predicted molar refractivity (Wildman–Crippen MR) is 117 cm³/mol. The van der Waals surface area contributed by atoms with Crippen LogP contribution in [0.1, 0.15) is 43.7 Å². The monoisotopic (exact) mass is 424 g/mol. The van der Waals surface area contributed by atoms with E-state index in [1.807, 2.05) is 24.3 Å². The average molecular weight is 424 g/mol. The molecule has 0 heterocycles. The summed E-state index contributed by atoms with van der Waals surface area (Å²) in [6.07, 6.45) is -0.596. The van der Waals surface area contributed by atoms with Gasteiger partial charge in [0.25, 0.3) is 0 Å². The molecule has 164 valence electrons. The van der Waals surface area contributed by atoms with Gasteiger partial charge in [-0.1, -0.05) is 48.5 Å². The Morgan fingerprint density at radius 2 is 1.65 bits per heavy atom. The second kappa shape index (κ2) is 10.1. The molecule has 0 saturated heterocycles. The van der Waals surface area contributed by atoms with E-state index in [1.54, 1.807) is 13.8 Å². The Bertz CT molecular complexity index is 913. The highest BCUT2D eigenvalue weighted by Crippen LogP contribution is 2.44. The second-order valence-electron chi connectivity index (χ2n) is 7.69. The van der Waals surface area contributed by atoms with Crippen LogP contribution in [0.4, 0.5) is 4.79 Å². The van der Waals surface area contributed by atoms with Crippen LogP contribution in [0.25, 0.3) is 11.1 Å². The number of fused-ring (bicyclic) bond motifs is 3. The molecule has 0 spiro atoms. The van der Waals surface area contributed by atoms with Crippen LogP contribution >= 0.6 is 0 Å². The lowest BCUT2D eigenvalue weighted by molar-refractivity contribution is -0.138. The molecule has 2 aromatic carbocycles. The van der Waals surface area contributed by atoms with Crippen LogP contribution in [0.15, 0.2) is 48.5 Å². The van der Waals surface area contributed by atoms with Crippen molar-refractivity contribution in [1.29, 1.82) is 0 Å². The van der Waals surface area contributed by atoms with Gasteiger partial charge in [-0.25, -0.2) is 4.79 Å². The Morgan fingerprint density at radius 3 is 2.19 bits per heavy atom. The second-order valence-corrected chi connectivity index (χ2v) is 7.69. The van der Waals surface area contributed by atoms with Gasteiger partial charge in [0.05, 0.1) is 6.42 Å². The number of nitrogens with one attached hydrogen (secondary N) is 1. The van der Waals surface area contributed by atoms with Crippen molar-refractivity contribution < 1.29 is 24.2 Å². The van der Waals surface area contributed by atoms with Gasteiger partial charge in [-0.3, -0.25) is 9.59 Å². The van der Waals surface area contributed by atoms with E-state index in [-0.39, 0.29) is 37.8 Å². The number of hydrogen-bond donors (Lipinski definition) is 2. The summed E-state index contributed by atoms with van der Waals surface area (Å²) < 4.78 is 5.51. The predicted octanol–water partition coefficient (Wildman–Crippen LogP) is 3.63. The van der Waals surface area contributed by atoms with Crippen molar-refractivity contribution in [1.82, 2.24) is 10.2 Å². The minimum atomic E-state index is -0.948. The van der Waals surface area contributed by atoms with Crippen LogP contribution < -0.4 is 5.32 Å². The number of rotatable bonds is 9. The maximum absolute atomic E-state index is 12.4. The molecule has 1 aliphatic rings. The van der Waals surface area contributed by atoms with Crippen molar-refractivity contribution in [3.63, 3.8) is 0 Å². The zero-order valence-corrected chi connectivity index (χ0v) is 17.8. The topological polar surface area (TPSA) is 95.9 Å². The molecule has 3 rings (SSSR count). The molecule has 0 unspecified atom stereocenters. The minimum Gasteiger partial charge on any atom is -0.481 e. The molecule has 0 fully saturated rings. The fourth-order valence-electron chi connectivity index (χ4n) is 3.97. The average Bonchev–Trinajstić information content (AvgIpc) is 3.06. The fraction of sp³-hybridized carbons (Fsp3) is 0.375. The highest BCUT2D eigenvalue weighted by atomic mass is 16.5. The Morgan fingerprint density at radius 1 is 1.06 bits per heavy atom. The van der Waals surface area contributed by atoms with Crippen molar-refractivity contribution in [2.75, 3.05) is 19.7 Å². The summed E-state index contributed by atoms with van der Waals surface area (Å²) in [6, 6.07) is 15.8. The first-order chi connectivity index (χ1) is 14.9. The highest BCUT2D eigenvalue weighted by Gasteiger charge is 2.29. The fourth-order valence-corrected chi connectivity index (χ4v) is 3.97. The van der Waals surface area contributed by atoms with Gasteiger partial charge in [0.2, 0.25) is 5.91 Å². The summed E-state index contributed by atoms with van der Waals surface area (Å²) in [5, 5.41) is 11.5. The summed E-state index contributed by atoms with van der Waals surface area (Å²) in [7, 11) is 0. The van der Waals surface area contributed by atoms with E-state index in [0.717, 1.165) is 22.3 Å². The zero-order chi connectivity index (χ0) is 22.4. The Kier molecular flexibility index (Phi) is 7.28. The van der Waals surface area contributed by atoms with Gasteiger partial charge in [-0.15, -0.1) is 0 Å². The Labute approximate surface area is 182 Å². The molecule has 2 N–H and O–H groups in total. The molecule has 0 aromatic heterocycles. The first-order valence-electron chi connectivity index (χ1n) is 10.5. The van der Waals surface area contributed by atoms with E-state index in [9.17, 15) is 14.4 Å². The largest absolute Gasteiger partial charge is 0.481 e. The van der Waals surface area contributed by atoms with E-state index >= 15 is 0 Å². The van der Waals surface area contributed by atoms with Gasteiger partial charge in [0.1, 0.15) is 6.61 Å². The van der Waals surface area contributed by atoms with Crippen molar-refractivity contribution >= 4 is 18.0 Å². The number of carboxylic acid groups (broad SMARTS) is 1. The van der Waals surface area contributed by atoms with Crippen molar-refractivity contribution in [2.45, 2.75) is 38.6 Å². The van der Waals surface area contributed by atoms with Crippen molar-refractivity contribution in [3.8, 4) is 11.1 Å². The normalized spacial score (nSPS) is 13.1. The van der Waals surface area contributed by atoms with Crippen LogP contribution in [-0.2, 0) is 14.3 Å². The standard InChI is InChI=1S/C24H28N2O5/c1-3-26(13-12-23(28)29)22(27)14-16(2)25-24(30)31-15-21-19-10-6-4-8-17(19)18-9-5-7-11-20(18)21/h4-11,16,21H,3,12-15H2,1-2H3,(H,25,30)(H,28,29)/t16-/m1/s1. The van der Waals surface area contributed by atoms with Gasteiger partial charge in [0.15, 0.2) is 0 Å². The minimum absolute atomic E-state index is 0.0262. The third-order valence-electron chi connectivity index (χ3n) is 5.52. The highest BCUT2D eigenvalue weighted by molar-refractivity contribution is 5.80. The summed E-state index contributed by atoms with van der Waals surface area (Å²) >= 11 is 0. The molecule has 1 atom stereocenters. The SMILES string of the molecule is CCN(CCC(=O)O)C(=O)C[C@@H](C)NC(=O)OCC1c2ccccc2-c2ccccc21. The summed E-state index contributed by atoms with van der Waals surface area (Å²) in [4.78, 5) is 36.9. The number of ether oxygens (including phenoxy) is 1. The van der Waals surface area contributed by atoms with Crippen LogP contribution in [-0.4, -0.2) is 53.7 Å². The van der Waals surface area contributed by atoms with Crippen molar-refractivity contribution in [2.24, 2.45) is 0 Å². The number of amides is 2. The lowest BCUT2D eigenvalue weighted by Crippen LogP contribution is -2.40. The molecule has 0 bridgehead atoms. The molecular weight excluding hydrogens is 396 g/mol.